The lowest BCUT2D eigenvalue weighted by Gasteiger charge is -2.07. The summed E-state index contributed by atoms with van der Waals surface area (Å²) in [7, 11) is 1.61. The molecule has 4 rings (SSSR count). The maximum atomic E-state index is 11.9. The van der Waals surface area contributed by atoms with Gasteiger partial charge in [-0.3, -0.25) is 4.79 Å². The maximum absolute atomic E-state index is 11.9. The van der Waals surface area contributed by atoms with Crippen molar-refractivity contribution in [3.63, 3.8) is 0 Å². The van der Waals surface area contributed by atoms with Crippen LogP contribution in [-0.2, 0) is 0 Å². The minimum Gasteiger partial charge on any atom is -0.497 e. The molecule has 0 saturated carbocycles. The molecule has 1 aromatic carbocycles. The van der Waals surface area contributed by atoms with Crippen molar-refractivity contribution in [3.05, 3.63) is 53.9 Å². The summed E-state index contributed by atoms with van der Waals surface area (Å²) in [5.41, 5.74) is 1.67. The standard InChI is InChI=1S/C19H18N6O4/c1-12-11-15(24-29-12)19(26)20-9-10-28-17-8-7-16-21-22-18(25(16)23-17)13-3-5-14(27-2)6-4-13/h3-8,11H,9-10H2,1-2H3,(H,20,26). The molecule has 0 unspecified atom stereocenters. The molecule has 29 heavy (non-hydrogen) atoms. The van der Waals surface area contributed by atoms with Crippen molar-refractivity contribution in [3.8, 4) is 23.0 Å². The molecule has 148 valence electrons. The van der Waals surface area contributed by atoms with Gasteiger partial charge in [0.05, 0.1) is 13.7 Å². The molecule has 0 spiro atoms. The van der Waals surface area contributed by atoms with Gasteiger partial charge >= 0.3 is 0 Å². The lowest BCUT2D eigenvalue weighted by Crippen LogP contribution is -2.28. The Bertz CT molecular complexity index is 1140. The van der Waals surface area contributed by atoms with Gasteiger partial charge in [0, 0.05) is 17.7 Å². The number of nitrogens with zero attached hydrogens (tertiary/aromatic N) is 5. The van der Waals surface area contributed by atoms with E-state index in [-0.39, 0.29) is 24.8 Å². The highest BCUT2D eigenvalue weighted by atomic mass is 16.5. The summed E-state index contributed by atoms with van der Waals surface area (Å²) >= 11 is 0. The van der Waals surface area contributed by atoms with Crippen LogP contribution in [-0.4, -0.2) is 51.1 Å². The third-order valence-corrected chi connectivity index (χ3v) is 4.08. The number of methoxy groups -OCH3 is 1. The van der Waals surface area contributed by atoms with Gasteiger partial charge in [0.2, 0.25) is 5.88 Å². The van der Waals surface area contributed by atoms with Gasteiger partial charge in [0.15, 0.2) is 17.2 Å². The summed E-state index contributed by atoms with van der Waals surface area (Å²) in [4.78, 5) is 11.9. The van der Waals surface area contributed by atoms with E-state index in [1.54, 1.807) is 36.7 Å². The molecule has 0 aliphatic carbocycles. The first kappa shape index (κ1) is 18.4. The lowest BCUT2D eigenvalue weighted by atomic mass is 10.2. The van der Waals surface area contributed by atoms with Crippen molar-refractivity contribution >= 4 is 11.6 Å². The maximum Gasteiger partial charge on any atom is 0.273 e. The van der Waals surface area contributed by atoms with Gasteiger partial charge in [0.1, 0.15) is 18.1 Å². The molecule has 0 aliphatic heterocycles. The van der Waals surface area contributed by atoms with Crippen LogP contribution >= 0.6 is 0 Å². The molecule has 1 N–H and O–H groups in total. The highest BCUT2D eigenvalue weighted by Crippen LogP contribution is 2.21. The molecular formula is C19H18N6O4. The molecule has 4 aromatic rings. The average Bonchev–Trinajstić information content (AvgIpc) is 3.37. The third kappa shape index (κ3) is 4.00. The van der Waals surface area contributed by atoms with E-state index in [1.165, 1.54) is 0 Å². The SMILES string of the molecule is COc1ccc(-c2nnc3ccc(OCCNC(=O)c4cc(C)on4)nn23)cc1. The second kappa shape index (κ2) is 7.97. The number of aromatic nitrogens is 5. The van der Waals surface area contributed by atoms with Crippen LogP contribution in [0.4, 0.5) is 0 Å². The van der Waals surface area contributed by atoms with E-state index in [0.29, 0.717) is 23.1 Å². The Morgan fingerprint density at radius 2 is 2.00 bits per heavy atom. The predicted octanol–water partition coefficient (Wildman–Crippen LogP) is 1.91. The summed E-state index contributed by atoms with van der Waals surface area (Å²) in [6.07, 6.45) is 0. The Balaban J connectivity index is 1.41. The van der Waals surface area contributed by atoms with Gasteiger partial charge in [0.25, 0.3) is 5.91 Å². The first-order chi connectivity index (χ1) is 14.1. The first-order valence-corrected chi connectivity index (χ1v) is 8.85. The molecule has 1 amide bonds. The van der Waals surface area contributed by atoms with Crippen LogP contribution in [0, 0.1) is 6.92 Å². The predicted molar refractivity (Wildman–Crippen MR) is 102 cm³/mol. The number of carbonyl (C=O) groups excluding carboxylic acids is 1. The fraction of sp³-hybridized carbons (Fsp3) is 0.211. The van der Waals surface area contributed by atoms with Gasteiger partial charge in [-0.2, -0.15) is 4.52 Å². The minimum absolute atomic E-state index is 0.232. The molecule has 0 atom stereocenters. The number of carbonyl (C=O) groups is 1. The number of nitrogens with one attached hydrogen (secondary N) is 1. The number of aryl methyl sites for hydroxylation is 1. The number of fused-ring (bicyclic) bond motifs is 1. The summed E-state index contributed by atoms with van der Waals surface area (Å²) < 4.78 is 17.3. The molecule has 0 aliphatic rings. The van der Waals surface area contributed by atoms with Crippen LogP contribution in [0.15, 0.2) is 47.0 Å². The number of hydrogen-bond donors (Lipinski definition) is 1. The van der Waals surface area contributed by atoms with Crippen LogP contribution < -0.4 is 14.8 Å². The van der Waals surface area contributed by atoms with Crippen LogP contribution in [0.3, 0.4) is 0 Å². The van der Waals surface area contributed by atoms with Crippen molar-refractivity contribution in [2.24, 2.45) is 0 Å². The molecule has 0 fully saturated rings. The van der Waals surface area contributed by atoms with Gasteiger partial charge in [-0.05, 0) is 37.3 Å². The zero-order valence-corrected chi connectivity index (χ0v) is 15.8. The van der Waals surface area contributed by atoms with Gasteiger partial charge in [-0.1, -0.05) is 5.16 Å². The van der Waals surface area contributed by atoms with Gasteiger partial charge < -0.3 is 19.3 Å². The Hall–Kier alpha value is -3.95. The van der Waals surface area contributed by atoms with E-state index in [0.717, 1.165) is 11.3 Å². The summed E-state index contributed by atoms with van der Waals surface area (Å²) in [6, 6.07) is 12.5. The zero-order chi connectivity index (χ0) is 20.2. The second-order valence-electron chi connectivity index (χ2n) is 6.12. The molecule has 0 bridgehead atoms. The Morgan fingerprint density at radius 3 is 2.72 bits per heavy atom. The number of ether oxygens (including phenoxy) is 2. The van der Waals surface area contributed by atoms with E-state index in [9.17, 15) is 4.79 Å². The van der Waals surface area contributed by atoms with E-state index in [4.69, 9.17) is 14.0 Å². The quantitative estimate of drug-likeness (QED) is 0.473. The number of benzene rings is 1. The van der Waals surface area contributed by atoms with E-state index < -0.39 is 0 Å². The first-order valence-electron chi connectivity index (χ1n) is 8.85. The molecular weight excluding hydrogens is 376 g/mol. The van der Waals surface area contributed by atoms with Crippen LogP contribution in [0.1, 0.15) is 16.2 Å². The lowest BCUT2D eigenvalue weighted by molar-refractivity contribution is 0.0937. The molecule has 10 nitrogen and oxygen atoms in total. The zero-order valence-electron chi connectivity index (χ0n) is 15.8. The van der Waals surface area contributed by atoms with Gasteiger partial charge in [-0.25, -0.2) is 0 Å². The fourth-order valence-corrected chi connectivity index (χ4v) is 2.65. The monoisotopic (exact) mass is 394 g/mol. The van der Waals surface area contributed by atoms with Crippen molar-refractivity contribution < 1.29 is 18.8 Å². The molecule has 3 aromatic heterocycles. The summed E-state index contributed by atoms with van der Waals surface area (Å²) in [5, 5.41) is 19.1. The van der Waals surface area contributed by atoms with Crippen molar-refractivity contribution in [2.75, 3.05) is 20.3 Å². The highest BCUT2D eigenvalue weighted by molar-refractivity contribution is 5.92. The third-order valence-electron chi connectivity index (χ3n) is 4.08. The van der Waals surface area contributed by atoms with E-state index in [2.05, 4.69) is 25.8 Å². The second-order valence-corrected chi connectivity index (χ2v) is 6.12. The Labute approximate surface area is 165 Å². The molecule has 10 heteroatoms. The average molecular weight is 394 g/mol. The molecule has 0 saturated heterocycles. The normalized spacial score (nSPS) is 10.8. The summed E-state index contributed by atoms with van der Waals surface area (Å²) in [6.45, 7) is 2.25. The Morgan fingerprint density at radius 1 is 1.17 bits per heavy atom. The van der Waals surface area contributed by atoms with Crippen LogP contribution in [0.2, 0.25) is 0 Å². The van der Waals surface area contributed by atoms with Gasteiger partial charge in [-0.15, -0.1) is 15.3 Å². The number of amides is 1. The van der Waals surface area contributed by atoms with Crippen LogP contribution in [0.5, 0.6) is 11.6 Å². The highest BCUT2D eigenvalue weighted by Gasteiger charge is 2.12. The van der Waals surface area contributed by atoms with Crippen molar-refractivity contribution in [1.82, 2.24) is 30.3 Å². The largest absolute Gasteiger partial charge is 0.497 e. The van der Waals surface area contributed by atoms with Crippen molar-refractivity contribution in [2.45, 2.75) is 6.92 Å². The molecule has 3 heterocycles. The van der Waals surface area contributed by atoms with E-state index in [1.807, 2.05) is 24.3 Å². The van der Waals surface area contributed by atoms with E-state index >= 15 is 0 Å². The minimum atomic E-state index is -0.325. The number of hydrogen-bond acceptors (Lipinski definition) is 8. The Kier molecular flexibility index (Phi) is 5.06. The smallest absolute Gasteiger partial charge is 0.273 e. The number of rotatable bonds is 7. The molecule has 0 radical (unpaired) electrons. The topological polar surface area (TPSA) is 117 Å². The van der Waals surface area contributed by atoms with Crippen LogP contribution in [0.25, 0.3) is 17.0 Å². The fourth-order valence-electron chi connectivity index (χ4n) is 2.65. The van der Waals surface area contributed by atoms with Crippen molar-refractivity contribution in [1.29, 1.82) is 0 Å². The summed E-state index contributed by atoms with van der Waals surface area (Å²) in [5.74, 6) is 1.98.